The molecule has 2 fully saturated rings. The number of hydrogen-bond donors (Lipinski definition) is 2. The van der Waals surface area contributed by atoms with Crippen molar-refractivity contribution in [3.63, 3.8) is 0 Å². The maximum Gasteiger partial charge on any atom is 0.0195 e. The lowest BCUT2D eigenvalue weighted by molar-refractivity contribution is 0.217. The van der Waals surface area contributed by atoms with Crippen molar-refractivity contribution in [2.24, 2.45) is 5.92 Å². The van der Waals surface area contributed by atoms with Crippen LogP contribution in [-0.4, -0.2) is 50.7 Å². The predicted molar refractivity (Wildman–Crippen MR) is 64.1 cm³/mol. The van der Waals surface area contributed by atoms with Gasteiger partial charge in [-0.15, -0.1) is 0 Å². The zero-order valence-electron chi connectivity index (χ0n) is 9.97. The molecule has 0 aromatic rings. The van der Waals surface area contributed by atoms with E-state index in [0.717, 1.165) is 12.0 Å². The summed E-state index contributed by atoms with van der Waals surface area (Å²) >= 11 is 0. The summed E-state index contributed by atoms with van der Waals surface area (Å²) in [6.07, 6.45) is 5.49. The lowest BCUT2D eigenvalue weighted by atomic mass is 9.98. The van der Waals surface area contributed by atoms with E-state index in [0.29, 0.717) is 0 Å². The highest BCUT2D eigenvalue weighted by Gasteiger charge is 2.19. The van der Waals surface area contributed by atoms with Crippen LogP contribution in [0.2, 0.25) is 0 Å². The first-order valence-corrected chi connectivity index (χ1v) is 6.47. The Morgan fingerprint density at radius 3 is 3.00 bits per heavy atom. The summed E-state index contributed by atoms with van der Waals surface area (Å²) in [5.74, 6) is 0.867. The van der Waals surface area contributed by atoms with E-state index in [1.807, 2.05) is 0 Å². The molecule has 3 nitrogen and oxygen atoms in total. The standard InChI is InChI=1S/C12H25N3/c1-15-7-3-5-12(10-15)14-9-11-4-2-6-13-8-11/h11-14H,2-10H2,1H3. The summed E-state index contributed by atoms with van der Waals surface area (Å²) in [6, 6.07) is 0.741. The number of hydrogen-bond acceptors (Lipinski definition) is 3. The first-order chi connectivity index (χ1) is 7.34. The van der Waals surface area contributed by atoms with Crippen LogP contribution in [0.1, 0.15) is 25.7 Å². The quantitative estimate of drug-likeness (QED) is 0.718. The molecule has 3 heteroatoms. The van der Waals surface area contributed by atoms with Crippen molar-refractivity contribution in [2.75, 3.05) is 39.8 Å². The summed E-state index contributed by atoms with van der Waals surface area (Å²) in [6.45, 7) is 6.17. The summed E-state index contributed by atoms with van der Waals surface area (Å²) in [5.41, 5.74) is 0. The van der Waals surface area contributed by atoms with Gasteiger partial charge in [-0.1, -0.05) is 0 Å². The van der Waals surface area contributed by atoms with E-state index in [2.05, 4.69) is 22.6 Å². The molecule has 0 aromatic heterocycles. The van der Waals surface area contributed by atoms with Gasteiger partial charge >= 0.3 is 0 Å². The highest BCUT2D eigenvalue weighted by Crippen LogP contribution is 2.11. The molecule has 0 radical (unpaired) electrons. The van der Waals surface area contributed by atoms with Gasteiger partial charge in [-0.3, -0.25) is 0 Å². The fourth-order valence-corrected chi connectivity index (χ4v) is 2.76. The molecule has 2 unspecified atom stereocenters. The number of likely N-dealkylation sites (N-methyl/N-ethyl adjacent to an activating group) is 1. The molecule has 88 valence electrons. The maximum atomic E-state index is 3.74. The van der Waals surface area contributed by atoms with E-state index in [4.69, 9.17) is 0 Å². The Balaban J connectivity index is 1.63. The summed E-state index contributed by atoms with van der Waals surface area (Å²) in [5, 5.41) is 7.22. The summed E-state index contributed by atoms with van der Waals surface area (Å²) < 4.78 is 0. The molecule has 2 aliphatic heterocycles. The minimum atomic E-state index is 0.741. The Morgan fingerprint density at radius 1 is 1.33 bits per heavy atom. The monoisotopic (exact) mass is 211 g/mol. The molecule has 15 heavy (non-hydrogen) atoms. The number of rotatable bonds is 3. The molecular weight excluding hydrogens is 186 g/mol. The molecule has 0 spiro atoms. The molecule has 0 aliphatic carbocycles. The third-order valence-corrected chi connectivity index (χ3v) is 3.72. The second-order valence-electron chi connectivity index (χ2n) is 5.22. The minimum Gasteiger partial charge on any atom is -0.316 e. The molecule has 0 amide bonds. The zero-order valence-corrected chi connectivity index (χ0v) is 9.97. The van der Waals surface area contributed by atoms with Gasteiger partial charge in [-0.25, -0.2) is 0 Å². The molecule has 2 heterocycles. The maximum absolute atomic E-state index is 3.74. The van der Waals surface area contributed by atoms with Gasteiger partial charge in [0.15, 0.2) is 0 Å². The van der Waals surface area contributed by atoms with E-state index in [9.17, 15) is 0 Å². The van der Waals surface area contributed by atoms with Crippen LogP contribution in [0.4, 0.5) is 0 Å². The Bertz CT molecular complexity index is 178. The highest BCUT2D eigenvalue weighted by atomic mass is 15.1. The van der Waals surface area contributed by atoms with Crippen molar-refractivity contribution in [1.29, 1.82) is 0 Å². The Labute approximate surface area is 93.6 Å². The van der Waals surface area contributed by atoms with Gasteiger partial charge in [0.25, 0.3) is 0 Å². The molecule has 2 aliphatic rings. The van der Waals surface area contributed by atoms with Crippen molar-refractivity contribution in [1.82, 2.24) is 15.5 Å². The number of likely N-dealkylation sites (tertiary alicyclic amines) is 1. The van der Waals surface area contributed by atoms with Gasteiger partial charge in [0.1, 0.15) is 0 Å². The normalized spacial score (nSPS) is 34.2. The largest absolute Gasteiger partial charge is 0.316 e. The van der Waals surface area contributed by atoms with Crippen LogP contribution in [-0.2, 0) is 0 Å². The van der Waals surface area contributed by atoms with E-state index in [-0.39, 0.29) is 0 Å². The average molecular weight is 211 g/mol. The van der Waals surface area contributed by atoms with Crippen molar-refractivity contribution in [2.45, 2.75) is 31.7 Å². The second-order valence-corrected chi connectivity index (χ2v) is 5.22. The van der Waals surface area contributed by atoms with Gasteiger partial charge in [-0.05, 0) is 64.8 Å². The van der Waals surface area contributed by atoms with Gasteiger partial charge in [0.05, 0.1) is 0 Å². The average Bonchev–Trinajstić information content (AvgIpc) is 2.28. The van der Waals surface area contributed by atoms with E-state index >= 15 is 0 Å². The smallest absolute Gasteiger partial charge is 0.0195 e. The lowest BCUT2D eigenvalue weighted by Gasteiger charge is -2.32. The molecule has 0 aromatic carbocycles. The number of nitrogens with zero attached hydrogens (tertiary/aromatic N) is 1. The van der Waals surface area contributed by atoms with Crippen molar-refractivity contribution in [3.8, 4) is 0 Å². The summed E-state index contributed by atoms with van der Waals surface area (Å²) in [7, 11) is 2.23. The molecular formula is C12H25N3. The van der Waals surface area contributed by atoms with Crippen LogP contribution in [0.3, 0.4) is 0 Å². The SMILES string of the molecule is CN1CCCC(NCC2CCCNC2)C1. The van der Waals surface area contributed by atoms with E-state index in [1.165, 1.54) is 58.4 Å². The highest BCUT2D eigenvalue weighted by molar-refractivity contribution is 4.79. The lowest BCUT2D eigenvalue weighted by Crippen LogP contribution is -2.47. The van der Waals surface area contributed by atoms with E-state index in [1.54, 1.807) is 0 Å². The van der Waals surface area contributed by atoms with Gasteiger partial charge in [-0.2, -0.15) is 0 Å². The molecule has 2 atom stereocenters. The molecule has 2 rings (SSSR count). The van der Waals surface area contributed by atoms with Crippen molar-refractivity contribution < 1.29 is 0 Å². The van der Waals surface area contributed by atoms with Crippen LogP contribution >= 0.6 is 0 Å². The topological polar surface area (TPSA) is 27.3 Å². The molecule has 0 saturated carbocycles. The van der Waals surface area contributed by atoms with Crippen molar-refractivity contribution >= 4 is 0 Å². The first-order valence-electron chi connectivity index (χ1n) is 6.47. The predicted octanol–water partition coefficient (Wildman–Crippen LogP) is 0.670. The van der Waals surface area contributed by atoms with Crippen LogP contribution < -0.4 is 10.6 Å². The van der Waals surface area contributed by atoms with Gasteiger partial charge < -0.3 is 15.5 Å². The summed E-state index contributed by atoms with van der Waals surface area (Å²) in [4.78, 5) is 2.44. The first kappa shape index (κ1) is 11.4. The number of piperidine rings is 2. The third-order valence-electron chi connectivity index (χ3n) is 3.72. The number of nitrogens with one attached hydrogen (secondary N) is 2. The van der Waals surface area contributed by atoms with Gasteiger partial charge in [0.2, 0.25) is 0 Å². The molecule has 2 N–H and O–H groups in total. The Morgan fingerprint density at radius 2 is 2.27 bits per heavy atom. The van der Waals surface area contributed by atoms with Crippen LogP contribution in [0.25, 0.3) is 0 Å². The van der Waals surface area contributed by atoms with Crippen LogP contribution in [0.15, 0.2) is 0 Å². The molecule has 2 saturated heterocycles. The fourth-order valence-electron chi connectivity index (χ4n) is 2.76. The van der Waals surface area contributed by atoms with Crippen LogP contribution in [0, 0.1) is 5.92 Å². The minimum absolute atomic E-state index is 0.741. The zero-order chi connectivity index (χ0) is 10.5. The Hall–Kier alpha value is -0.120. The third kappa shape index (κ3) is 3.74. The molecule has 0 bridgehead atoms. The van der Waals surface area contributed by atoms with Crippen molar-refractivity contribution in [3.05, 3.63) is 0 Å². The second kappa shape index (κ2) is 5.83. The van der Waals surface area contributed by atoms with E-state index < -0.39 is 0 Å². The Kier molecular flexibility index (Phi) is 4.42. The van der Waals surface area contributed by atoms with Gasteiger partial charge in [0, 0.05) is 12.6 Å². The van der Waals surface area contributed by atoms with Crippen LogP contribution in [0.5, 0.6) is 0 Å². The fraction of sp³-hybridized carbons (Fsp3) is 1.00.